The summed E-state index contributed by atoms with van der Waals surface area (Å²) in [6.07, 6.45) is 0.609. The Kier molecular flexibility index (Phi) is 4.67. The SMILES string of the molecule is Cc1ccc2c(c1)CCN(C(=O)c1ccc(F)c(F)c1F)C2c1ccccc1. The van der Waals surface area contributed by atoms with Gasteiger partial charge in [-0.05, 0) is 42.2 Å². The summed E-state index contributed by atoms with van der Waals surface area (Å²) in [5.74, 6) is -5.05. The average Bonchev–Trinajstić information content (AvgIpc) is 2.71. The minimum atomic E-state index is -1.63. The van der Waals surface area contributed by atoms with Crippen molar-refractivity contribution in [2.24, 2.45) is 0 Å². The maximum absolute atomic E-state index is 14.3. The van der Waals surface area contributed by atoms with Crippen LogP contribution < -0.4 is 0 Å². The topological polar surface area (TPSA) is 20.3 Å². The highest BCUT2D eigenvalue weighted by Crippen LogP contribution is 2.36. The van der Waals surface area contributed by atoms with E-state index in [0.29, 0.717) is 13.0 Å². The lowest BCUT2D eigenvalue weighted by Gasteiger charge is -2.38. The summed E-state index contributed by atoms with van der Waals surface area (Å²) in [6.45, 7) is 2.36. The summed E-state index contributed by atoms with van der Waals surface area (Å²) < 4.78 is 41.3. The Morgan fingerprint density at radius 1 is 0.964 bits per heavy atom. The molecule has 1 heterocycles. The van der Waals surface area contributed by atoms with Crippen LogP contribution in [0, 0.1) is 24.4 Å². The van der Waals surface area contributed by atoms with E-state index >= 15 is 0 Å². The highest BCUT2D eigenvalue weighted by molar-refractivity contribution is 5.95. The fraction of sp³-hybridized carbons (Fsp3) is 0.174. The van der Waals surface area contributed by atoms with Gasteiger partial charge < -0.3 is 4.90 Å². The van der Waals surface area contributed by atoms with E-state index in [0.717, 1.165) is 34.4 Å². The van der Waals surface area contributed by atoms with Crippen molar-refractivity contribution in [3.8, 4) is 0 Å². The van der Waals surface area contributed by atoms with Crippen molar-refractivity contribution in [2.75, 3.05) is 6.54 Å². The molecule has 1 atom stereocenters. The predicted molar refractivity (Wildman–Crippen MR) is 101 cm³/mol. The normalized spacial score (nSPS) is 16.0. The monoisotopic (exact) mass is 381 g/mol. The maximum atomic E-state index is 14.3. The molecule has 2 nitrogen and oxygen atoms in total. The zero-order valence-corrected chi connectivity index (χ0v) is 15.3. The van der Waals surface area contributed by atoms with Crippen molar-refractivity contribution in [1.29, 1.82) is 0 Å². The summed E-state index contributed by atoms with van der Waals surface area (Å²) in [7, 11) is 0. The van der Waals surface area contributed by atoms with Crippen LogP contribution in [-0.4, -0.2) is 17.4 Å². The molecule has 5 heteroatoms. The molecular weight excluding hydrogens is 363 g/mol. The fourth-order valence-corrected chi connectivity index (χ4v) is 3.82. The smallest absolute Gasteiger partial charge is 0.257 e. The summed E-state index contributed by atoms with van der Waals surface area (Å²) in [4.78, 5) is 14.7. The van der Waals surface area contributed by atoms with Crippen LogP contribution in [0.5, 0.6) is 0 Å². The van der Waals surface area contributed by atoms with E-state index < -0.39 is 35.0 Å². The van der Waals surface area contributed by atoms with Gasteiger partial charge in [-0.3, -0.25) is 4.79 Å². The van der Waals surface area contributed by atoms with Crippen molar-refractivity contribution in [3.63, 3.8) is 0 Å². The first-order chi connectivity index (χ1) is 13.5. The van der Waals surface area contributed by atoms with E-state index in [1.54, 1.807) is 0 Å². The van der Waals surface area contributed by atoms with Crippen LogP contribution in [0.2, 0.25) is 0 Å². The quantitative estimate of drug-likeness (QED) is 0.559. The van der Waals surface area contributed by atoms with E-state index in [1.165, 1.54) is 4.90 Å². The zero-order valence-electron chi connectivity index (χ0n) is 15.3. The maximum Gasteiger partial charge on any atom is 0.257 e. The van der Waals surface area contributed by atoms with E-state index in [2.05, 4.69) is 6.07 Å². The molecule has 0 spiro atoms. The first-order valence-electron chi connectivity index (χ1n) is 9.06. The van der Waals surface area contributed by atoms with E-state index in [1.807, 2.05) is 49.4 Å². The number of nitrogens with zero attached hydrogens (tertiary/aromatic N) is 1. The van der Waals surface area contributed by atoms with Gasteiger partial charge in [-0.25, -0.2) is 13.2 Å². The number of hydrogen-bond acceptors (Lipinski definition) is 1. The van der Waals surface area contributed by atoms with Crippen LogP contribution in [0.1, 0.15) is 38.7 Å². The van der Waals surface area contributed by atoms with Gasteiger partial charge in [-0.1, -0.05) is 54.1 Å². The lowest BCUT2D eigenvalue weighted by Crippen LogP contribution is -2.41. The first kappa shape index (κ1) is 18.3. The van der Waals surface area contributed by atoms with Gasteiger partial charge in [0.15, 0.2) is 17.5 Å². The van der Waals surface area contributed by atoms with Crippen LogP contribution >= 0.6 is 0 Å². The van der Waals surface area contributed by atoms with Gasteiger partial charge in [-0.2, -0.15) is 0 Å². The van der Waals surface area contributed by atoms with Crippen LogP contribution in [0.3, 0.4) is 0 Å². The molecule has 28 heavy (non-hydrogen) atoms. The molecule has 3 aromatic carbocycles. The molecule has 1 amide bonds. The predicted octanol–water partition coefficient (Wildman–Crippen LogP) is 5.20. The third-order valence-electron chi connectivity index (χ3n) is 5.17. The number of benzene rings is 3. The second kappa shape index (κ2) is 7.15. The van der Waals surface area contributed by atoms with Crippen LogP contribution in [-0.2, 0) is 6.42 Å². The largest absolute Gasteiger partial charge is 0.327 e. The minimum absolute atomic E-state index is 0.354. The molecule has 0 saturated heterocycles. The first-order valence-corrected chi connectivity index (χ1v) is 9.06. The molecule has 1 aliphatic rings. The van der Waals surface area contributed by atoms with E-state index in [4.69, 9.17) is 0 Å². The molecule has 0 fully saturated rings. The number of fused-ring (bicyclic) bond motifs is 1. The Balaban J connectivity index is 1.83. The molecule has 142 valence electrons. The van der Waals surface area contributed by atoms with Crippen molar-refractivity contribution in [1.82, 2.24) is 4.90 Å². The Hall–Kier alpha value is -3.08. The average molecular weight is 381 g/mol. The molecule has 1 aliphatic heterocycles. The number of carbonyl (C=O) groups is 1. The number of amides is 1. The minimum Gasteiger partial charge on any atom is -0.327 e. The number of aryl methyl sites for hydroxylation is 1. The number of carbonyl (C=O) groups excluding carboxylic acids is 1. The van der Waals surface area contributed by atoms with Crippen LogP contribution in [0.15, 0.2) is 60.7 Å². The van der Waals surface area contributed by atoms with Gasteiger partial charge in [0.05, 0.1) is 11.6 Å². The number of halogens is 3. The Morgan fingerprint density at radius 2 is 1.71 bits per heavy atom. The van der Waals surface area contributed by atoms with Gasteiger partial charge in [0, 0.05) is 6.54 Å². The van der Waals surface area contributed by atoms with Gasteiger partial charge in [0.2, 0.25) is 0 Å². The summed E-state index contributed by atoms with van der Waals surface area (Å²) in [5, 5.41) is 0. The highest BCUT2D eigenvalue weighted by atomic mass is 19.2. The van der Waals surface area contributed by atoms with Gasteiger partial charge in [0.25, 0.3) is 5.91 Å². The van der Waals surface area contributed by atoms with Crippen LogP contribution in [0.25, 0.3) is 0 Å². The number of rotatable bonds is 2. The third-order valence-corrected chi connectivity index (χ3v) is 5.17. The molecule has 4 rings (SSSR count). The molecule has 1 unspecified atom stereocenters. The molecule has 3 aromatic rings. The molecule has 0 saturated carbocycles. The molecule has 0 radical (unpaired) electrons. The van der Waals surface area contributed by atoms with Gasteiger partial charge in [0.1, 0.15) is 0 Å². The van der Waals surface area contributed by atoms with Crippen LogP contribution in [0.4, 0.5) is 13.2 Å². The highest BCUT2D eigenvalue weighted by Gasteiger charge is 2.34. The lowest BCUT2D eigenvalue weighted by molar-refractivity contribution is 0.0688. The van der Waals surface area contributed by atoms with E-state index in [-0.39, 0.29) is 0 Å². The molecule has 0 aliphatic carbocycles. The Morgan fingerprint density at radius 3 is 2.46 bits per heavy atom. The van der Waals surface area contributed by atoms with Gasteiger partial charge >= 0.3 is 0 Å². The molecule has 0 bridgehead atoms. The summed E-state index contributed by atoms with van der Waals surface area (Å²) >= 11 is 0. The molecular formula is C23H18F3NO. The standard InChI is InChI=1S/C23H18F3NO/c1-14-7-8-17-16(13-14)11-12-27(22(17)15-5-3-2-4-6-15)23(28)18-9-10-19(24)21(26)20(18)25/h2-10,13,22H,11-12H2,1H3. The molecule has 0 aromatic heterocycles. The van der Waals surface area contributed by atoms with Crippen molar-refractivity contribution >= 4 is 5.91 Å². The summed E-state index contributed by atoms with van der Waals surface area (Å²) in [5.41, 5.74) is 3.62. The van der Waals surface area contributed by atoms with Gasteiger partial charge in [-0.15, -0.1) is 0 Å². The van der Waals surface area contributed by atoms with E-state index in [9.17, 15) is 18.0 Å². The fourth-order valence-electron chi connectivity index (χ4n) is 3.82. The molecule has 0 N–H and O–H groups in total. The van der Waals surface area contributed by atoms with Crippen molar-refractivity contribution < 1.29 is 18.0 Å². The third kappa shape index (κ3) is 3.07. The van der Waals surface area contributed by atoms with Crippen molar-refractivity contribution in [3.05, 3.63) is 106 Å². The zero-order chi connectivity index (χ0) is 19.8. The second-order valence-electron chi connectivity index (χ2n) is 6.99. The lowest BCUT2D eigenvalue weighted by atomic mass is 9.87. The van der Waals surface area contributed by atoms with Crippen molar-refractivity contribution in [2.45, 2.75) is 19.4 Å². The second-order valence-corrected chi connectivity index (χ2v) is 6.99. The Labute approximate surface area is 161 Å². The summed E-state index contributed by atoms with van der Waals surface area (Å²) in [6, 6.07) is 16.8. The Bertz CT molecular complexity index is 1050. The number of hydrogen-bond donors (Lipinski definition) is 0.